The first kappa shape index (κ1) is 14.6. The lowest BCUT2D eigenvalue weighted by Gasteiger charge is -2.19. The normalized spacial score (nSPS) is 22.8. The number of oxazole rings is 1. The third-order valence-electron chi connectivity index (χ3n) is 4.11. The second-order valence-electron chi connectivity index (χ2n) is 5.77. The van der Waals surface area contributed by atoms with Gasteiger partial charge >= 0.3 is 0 Å². The molecule has 1 saturated heterocycles. The Morgan fingerprint density at radius 3 is 3.05 bits per heavy atom. The monoisotopic (exact) mass is 305 g/mol. The second-order valence-corrected chi connectivity index (χ2v) is 6.21. The fourth-order valence-electron chi connectivity index (χ4n) is 2.95. The van der Waals surface area contributed by atoms with E-state index in [2.05, 4.69) is 16.8 Å². The highest BCUT2D eigenvalue weighted by molar-refractivity contribution is 6.30. The molecule has 0 amide bonds. The van der Waals surface area contributed by atoms with Crippen molar-refractivity contribution in [2.45, 2.75) is 25.9 Å². The Morgan fingerprint density at radius 1 is 1.48 bits per heavy atom. The van der Waals surface area contributed by atoms with E-state index in [0.29, 0.717) is 22.9 Å². The Hall–Kier alpha value is -1.36. The Balaban J connectivity index is 1.71. The van der Waals surface area contributed by atoms with Crippen LogP contribution >= 0.6 is 11.6 Å². The lowest BCUT2D eigenvalue weighted by atomic mass is 10.1. The van der Waals surface area contributed by atoms with Crippen molar-refractivity contribution in [2.75, 3.05) is 13.1 Å². The number of aromatic nitrogens is 1. The highest BCUT2D eigenvalue weighted by Gasteiger charge is 2.28. The van der Waals surface area contributed by atoms with E-state index in [0.717, 1.165) is 37.3 Å². The molecule has 1 aromatic carbocycles. The van der Waals surface area contributed by atoms with Crippen molar-refractivity contribution in [3.05, 3.63) is 41.2 Å². The van der Waals surface area contributed by atoms with Crippen LogP contribution in [0, 0.1) is 5.92 Å². The summed E-state index contributed by atoms with van der Waals surface area (Å²) >= 11 is 6.00. The highest BCUT2D eigenvalue weighted by Crippen LogP contribution is 2.26. The van der Waals surface area contributed by atoms with Gasteiger partial charge in [0.15, 0.2) is 0 Å². The van der Waals surface area contributed by atoms with Gasteiger partial charge in [0.1, 0.15) is 6.26 Å². The fourth-order valence-corrected chi connectivity index (χ4v) is 3.14. The molecule has 3 rings (SSSR count). The van der Waals surface area contributed by atoms with E-state index in [1.165, 1.54) is 0 Å². The first-order valence-corrected chi connectivity index (χ1v) is 7.68. The summed E-state index contributed by atoms with van der Waals surface area (Å²) in [7, 11) is 0. The van der Waals surface area contributed by atoms with Crippen molar-refractivity contribution in [3.8, 4) is 11.5 Å². The number of halogens is 1. The molecule has 4 nitrogen and oxygen atoms in total. The lowest BCUT2D eigenvalue weighted by Crippen LogP contribution is -2.27. The van der Waals surface area contributed by atoms with Gasteiger partial charge in [-0.1, -0.05) is 17.7 Å². The molecule has 1 fully saturated rings. The van der Waals surface area contributed by atoms with Crippen LogP contribution in [0.4, 0.5) is 0 Å². The van der Waals surface area contributed by atoms with E-state index < -0.39 is 0 Å². The minimum atomic E-state index is 0.546. The number of rotatable bonds is 4. The van der Waals surface area contributed by atoms with Crippen LogP contribution in [0.15, 0.2) is 34.9 Å². The maximum Gasteiger partial charge on any atom is 0.226 e. The van der Waals surface area contributed by atoms with Crippen LogP contribution in [0.25, 0.3) is 11.5 Å². The molecule has 2 unspecified atom stereocenters. The maximum absolute atomic E-state index is 6.00. The molecular formula is C16H20ClN3O. The van der Waals surface area contributed by atoms with Crippen LogP contribution in [-0.2, 0) is 6.54 Å². The zero-order valence-corrected chi connectivity index (χ0v) is 12.9. The molecule has 2 heterocycles. The Morgan fingerprint density at radius 2 is 2.33 bits per heavy atom. The third kappa shape index (κ3) is 3.28. The minimum absolute atomic E-state index is 0.546. The van der Waals surface area contributed by atoms with Crippen LogP contribution in [0.2, 0.25) is 5.02 Å². The van der Waals surface area contributed by atoms with E-state index in [-0.39, 0.29) is 0 Å². The molecule has 1 aliphatic rings. The van der Waals surface area contributed by atoms with Crippen LogP contribution in [0.5, 0.6) is 0 Å². The van der Waals surface area contributed by atoms with Gasteiger partial charge in [0.05, 0.1) is 5.69 Å². The molecular weight excluding hydrogens is 286 g/mol. The molecule has 1 aromatic heterocycles. The molecule has 2 aromatic rings. The summed E-state index contributed by atoms with van der Waals surface area (Å²) in [5.74, 6) is 1.22. The highest BCUT2D eigenvalue weighted by atomic mass is 35.5. The molecule has 0 aliphatic carbocycles. The standard InChI is InChI=1S/C16H20ClN3O/c1-11-5-12(7-18)8-20(11)9-15-10-21-16(19-15)13-3-2-4-14(17)6-13/h2-4,6,10-12H,5,7-9,18H2,1H3. The van der Waals surface area contributed by atoms with Crippen molar-refractivity contribution in [2.24, 2.45) is 11.7 Å². The molecule has 21 heavy (non-hydrogen) atoms. The number of hydrogen-bond donors (Lipinski definition) is 1. The lowest BCUT2D eigenvalue weighted by molar-refractivity contribution is 0.252. The van der Waals surface area contributed by atoms with E-state index in [1.54, 1.807) is 6.26 Å². The van der Waals surface area contributed by atoms with Crippen molar-refractivity contribution in [1.82, 2.24) is 9.88 Å². The number of hydrogen-bond acceptors (Lipinski definition) is 4. The Kier molecular flexibility index (Phi) is 4.29. The SMILES string of the molecule is CC1CC(CN)CN1Cc1coc(-c2cccc(Cl)c2)n1. The first-order chi connectivity index (χ1) is 10.2. The topological polar surface area (TPSA) is 55.3 Å². The molecule has 0 spiro atoms. The zero-order chi connectivity index (χ0) is 14.8. The van der Waals surface area contributed by atoms with Gasteiger partial charge in [0, 0.05) is 29.7 Å². The van der Waals surface area contributed by atoms with Gasteiger partial charge in [-0.15, -0.1) is 0 Å². The van der Waals surface area contributed by atoms with Crippen LogP contribution in [0.1, 0.15) is 19.0 Å². The Bertz CT molecular complexity index is 613. The molecule has 5 heteroatoms. The molecule has 1 aliphatic heterocycles. The number of nitrogens with two attached hydrogens (primary N) is 1. The summed E-state index contributed by atoms with van der Waals surface area (Å²) in [4.78, 5) is 6.99. The van der Waals surface area contributed by atoms with Gasteiger partial charge in [-0.2, -0.15) is 0 Å². The summed E-state index contributed by atoms with van der Waals surface area (Å²) in [5, 5.41) is 0.686. The molecule has 2 atom stereocenters. The van der Waals surface area contributed by atoms with Gasteiger partial charge in [0.25, 0.3) is 0 Å². The predicted octanol–water partition coefficient (Wildman–Crippen LogP) is 3.16. The van der Waals surface area contributed by atoms with Crippen molar-refractivity contribution >= 4 is 11.6 Å². The summed E-state index contributed by atoms with van der Waals surface area (Å²) in [6, 6.07) is 8.10. The average molecular weight is 306 g/mol. The predicted molar refractivity (Wildman–Crippen MR) is 84.0 cm³/mol. The smallest absolute Gasteiger partial charge is 0.226 e. The van der Waals surface area contributed by atoms with Crippen molar-refractivity contribution < 1.29 is 4.42 Å². The van der Waals surface area contributed by atoms with Gasteiger partial charge in [-0.05, 0) is 44.0 Å². The Labute approximate surface area is 129 Å². The maximum atomic E-state index is 6.00. The van der Waals surface area contributed by atoms with Gasteiger partial charge in [0.2, 0.25) is 5.89 Å². The summed E-state index contributed by atoms with van der Waals surface area (Å²) in [6.45, 7) is 4.85. The van der Waals surface area contributed by atoms with Crippen LogP contribution < -0.4 is 5.73 Å². The zero-order valence-electron chi connectivity index (χ0n) is 12.1. The number of likely N-dealkylation sites (tertiary alicyclic amines) is 1. The van der Waals surface area contributed by atoms with Crippen LogP contribution in [0.3, 0.4) is 0 Å². The second kappa shape index (κ2) is 6.18. The fraction of sp³-hybridized carbons (Fsp3) is 0.438. The van der Waals surface area contributed by atoms with E-state index in [9.17, 15) is 0 Å². The largest absolute Gasteiger partial charge is 0.444 e. The summed E-state index contributed by atoms with van der Waals surface area (Å²) < 4.78 is 5.58. The van der Waals surface area contributed by atoms with Crippen molar-refractivity contribution in [3.63, 3.8) is 0 Å². The summed E-state index contributed by atoms with van der Waals surface area (Å²) in [6.07, 6.45) is 2.90. The molecule has 112 valence electrons. The van der Waals surface area contributed by atoms with E-state index >= 15 is 0 Å². The van der Waals surface area contributed by atoms with Gasteiger partial charge in [-0.3, -0.25) is 4.90 Å². The van der Waals surface area contributed by atoms with Crippen molar-refractivity contribution in [1.29, 1.82) is 0 Å². The third-order valence-corrected chi connectivity index (χ3v) is 4.35. The van der Waals surface area contributed by atoms with Crippen LogP contribution in [-0.4, -0.2) is 29.0 Å². The average Bonchev–Trinajstić information content (AvgIpc) is 3.07. The molecule has 2 N–H and O–H groups in total. The van der Waals surface area contributed by atoms with Gasteiger partial charge in [-0.25, -0.2) is 4.98 Å². The molecule has 0 bridgehead atoms. The van der Waals surface area contributed by atoms with Gasteiger partial charge < -0.3 is 10.2 Å². The minimum Gasteiger partial charge on any atom is -0.444 e. The van der Waals surface area contributed by atoms with E-state index in [4.69, 9.17) is 21.8 Å². The molecule has 0 radical (unpaired) electrons. The first-order valence-electron chi connectivity index (χ1n) is 7.30. The number of nitrogens with zero attached hydrogens (tertiary/aromatic N) is 2. The van der Waals surface area contributed by atoms with E-state index in [1.807, 2.05) is 24.3 Å². The molecule has 0 saturated carbocycles. The summed E-state index contributed by atoms with van der Waals surface area (Å²) in [5.41, 5.74) is 7.63. The number of benzene rings is 1. The quantitative estimate of drug-likeness (QED) is 0.942.